The minimum atomic E-state index is 0.726. The highest BCUT2D eigenvalue weighted by Crippen LogP contribution is 2.34. The van der Waals surface area contributed by atoms with Gasteiger partial charge in [-0.05, 0) is 39.0 Å². The van der Waals surface area contributed by atoms with Crippen molar-refractivity contribution in [3.05, 3.63) is 59.1 Å². The highest BCUT2D eigenvalue weighted by Gasteiger charge is 2.17. The zero-order valence-corrected chi connectivity index (χ0v) is 14.5. The fourth-order valence-corrected chi connectivity index (χ4v) is 3.56. The molecule has 0 saturated carbocycles. The number of rotatable bonds is 6. The first-order valence-electron chi connectivity index (χ1n) is 7.62. The summed E-state index contributed by atoms with van der Waals surface area (Å²) in [6.45, 7) is 11.6. The number of nitrogens with zero attached hydrogens (tertiary/aromatic N) is 2. The van der Waals surface area contributed by atoms with E-state index in [0.717, 1.165) is 29.7 Å². The Kier molecular flexibility index (Phi) is 4.39. The maximum absolute atomic E-state index is 5.48. The number of aryl methyl sites for hydroxylation is 2. The SMILES string of the molecule is C=CCNc1nc(-c2cc(C)n(Cc3ccco3)c2C)c(C)s1. The first-order chi connectivity index (χ1) is 11.1. The summed E-state index contributed by atoms with van der Waals surface area (Å²) >= 11 is 1.68. The van der Waals surface area contributed by atoms with E-state index in [-0.39, 0.29) is 0 Å². The van der Waals surface area contributed by atoms with Crippen molar-refractivity contribution in [3.8, 4) is 11.3 Å². The number of nitrogens with one attached hydrogen (secondary N) is 1. The Labute approximate surface area is 140 Å². The van der Waals surface area contributed by atoms with Crippen LogP contribution in [0.25, 0.3) is 11.3 Å². The molecule has 0 spiro atoms. The van der Waals surface area contributed by atoms with Crippen LogP contribution < -0.4 is 5.32 Å². The van der Waals surface area contributed by atoms with Crippen LogP contribution in [0.5, 0.6) is 0 Å². The molecule has 3 heterocycles. The molecule has 0 saturated heterocycles. The van der Waals surface area contributed by atoms with Crippen LogP contribution in [0, 0.1) is 20.8 Å². The van der Waals surface area contributed by atoms with Crippen LogP contribution in [-0.2, 0) is 6.54 Å². The second kappa shape index (κ2) is 6.46. The van der Waals surface area contributed by atoms with Gasteiger partial charge in [0, 0.05) is 28.4 Å². The van der Waals surface area contributed by atoms with Gasteiger partial charge in [0.15, 0.2) is 5.13 Å². The highest BCUT2D eigenvalue weighted by molar-refractivity contribution is 7.16. The monoisotopic (exact) mass is 327 g/mol. The number of aromatic nitrogens is 2. The smallest absolute Gasteiger partial charge is 0.183 e. The maximum Gasteiger partial charge on any atom is 0.183 e. The third-order valence-electron chi connectivity index (χ3n) is 3.92. The first kappa shape index (κ1) is 15.6. The van der Waals surface area contributed by atoms with Gasteiger partial charge in [0.1, 0.15) is 5.76 Å². The van der Waals surface area contributed by atoms with Crippen molar-refractivity contribution in [3.63, 3.8) is 0 Å². The van der Waals surface area contributed by atoms with Crippen molar-refractivity contribution in [1.82, 2.24) is 9.55 Å². The highest BCUT2D eigenvalue weighted by atomic mass is 32.1. The van der Waals surface area contributed by atoms with Crippen molar-refractivity contribution in [2.24, 2.45) is 0 Å². The topological polar surface area (TPSA) is 43.0 Å². The average molecular weight is 327 g/mol. The van der Waals surface area contributed by atoms with Gasteiger partial charge in [-0.15, -0.1) is 17.9 Å². The van der Waals surface area contributed by atoms with Crippen LogP contribution in [0.15, 0.2) is 41.5 Å². The third-order valence-corrected chi connectivity index (χ3v) is 4.85. The molecule has 0 aliphatic heterocycles. The average Bonchev–Trinajstić information content (AvgIpc) is 3.22. The molecule has 0 radical (unpaired) electrons. The van der Waals surface area contributed by atoms with E-state index in [4.69, 9.17) is 9.40 Å². The molecule has 0 amide bonds. The van der Waals surface area contributed by atoms with E-state index < -0.39 is 0 Å². The van der Waals surface area contributed by atoms with Crippen LogP contribution in [-0.4, -0.2) is 16.1 Å². The molecule has 1 N–H and O–H groups in total. The number of furan rings is 1. The van der Waals surface area contributed by atoms with Gasteiger partial charge in [0.05, 0.1) is 18.5 Å². The Hall–Kier alpha value is -2.27. The van der Waals surface area contributed by atoms with Crippen molar-refractivity contribution in [2.45, 2.75) is 27.3 Å². The van der Waals surface area contributed by atoms with Gasteiger partial charge in [-0.1, -0.05) is 6.08 Å². The van der Waals surface area contributed by atoms with Gasteiger partial charge in [-0.2, -0.15) is 0 Å². The summed E-state index contributed by atoms with van der Waals surface area (Å²) in [6.07, 6.45) is 3.55. The molecule has 0 aliphatic carbocycles. The lowest BCUT2D eigenvalue weighted by atomic mass is 10.1. The normalized spacial score (nSPS) is 10.9. The maximum atomic E-state index is 5.48. The molecular weight excluding hydrogens is 306 g/mol. The molecule has 3 aromatic rings. The largest absolute Gasteiger partial charge is 0.467 e. The molecule has 0 aromatic carbocycles. The van der Waals surface area contributed by atoms with Crippen LogP contribution in [0.3, 0.4) is 0 Å². The van der Waals surface area contributed by atoms with Crippen molar-refractivity contribution < 1.29 is 4.42 Å². The molecule has 0 fully saturated rings. The van der Waals surface area contributed by atoms with Crippen LogP contribution in [0.2, 0.25) is 0 Å². The van der Waals surface area contributed by atoms with E-state index in [1.165, 1.54) is 21.8 Å². The van der Waals surface area contributed by atoms with Gasteiger partial charge in [0.25, 0.3) is 0 Å². The molecule has 23 heavy (non-hydrogen) atoms. The molecule has 3 aromatic heterocycles. The lowest BCUT2D eigenvalue weighted by Crippen LogP contribution is -2.03. The Morgan fingerprint density at radius 2 is 2.22 bits per heavy atom. The van der Waals surface area contributed by atoms with E-state index in [1.807, 2.05) is 18.2 Å². The Morgan fingerprint density at radius 3 is 2.91 bits per heavy atom. The first-order valence-corrected chi connectivity index (χ1v) is 8.43. The molecule has 0 atom stereocenters. The summed E-state index contributed by atoms with van der Waals surface area (Å²) in [4.78, 5) is 5.97. The summed E-state index contributed by atoms with van der Waals surface area (Å²) in [5.41, 5.74) is 4.67. The van der Waals surface area contributed by atoms with Crippen molar-refractivity contribution in [2.75, 3.05) is 11.9 Å². The molecule has 0 unspecified atom stereocenters. The number of anilines is 1. The quantitative estimate of drug-likeness (QED) is 0.663. The zero-order chi connectivity index (χ0) is 16.4. The fourth-order valence-electron chi connectivity index (χ4n) is 2.72. The zero-order valence-electron chi connectivity index (χ0n) is 13.7. The standard InChI is InChI=1S/C18H21N3OS/c1-5-8-19-18-20-17(14(4)23-18)16-10-12(2)21(13(16)3)11-15-7-6-9-22-15/h5-7,9-10H,1,8,11H2,2-4H3,(H,19,20). The molecule has 4 nitrogen and oxygen atoms in total. The number of hydrogen-bond donors (Lipinski definition) is 1. The van der Waals surface area contributed by atoms with E-state index >= 15 is 0 Å². The van der Waals surface area contributed by atoms with E-state index in [9.17, 15) is 0 Å². The second-order valence-corrected chi connectivity index (χ2v) is 6.75. The lowest BCUT2D eigenvalue weighted by Gasteiger charge is -2.07. The molecular formula is C18H21N3OS. The summed E-state index contributed by atoms with van der Waals surface area (Å²) in [6, 6.07) is 6.13. The van der Waals surface area contributed by atoms with Crippen LogP contribution in [0.1, 0.15) is 22.0 Å². The molecule has 0 bridgehead atoms. The van der Waals surface area contributed by atoms with Gasteiger partial charge >= 0.3 is 0 Å². The molecule has 3 rings (SSSR count). The van der Waals surface area contributed by atoms with Gasteiger partial charge in [-0.3, -0.25) is 0 Å². The summed E-state index contributed by atoms with van der Waals surface area (Å²) in [7, 11) is 0. The summed E-state index contributed by atoms with van der Waals surface area (Å²) in [5, 5.41) is 4.21. The second-order valence-electron chi connectivity index (χ2n) is 5.54. The van der Waals surface area contributed by atoms with E-state index in [2.05, 4.69) is 43.3 Å². The Morgan fingerprint density at radius 1 is 1.39 bits per heavy atom. The molecule has 0 aliphatic rings. The third kappa shape index (κ3) is 3.10. The van der Waals surface area contributed by atoms with E-state index in [1.54, 1.807) is 17.6 Å². The molecule has 120 valence electrons. The van der Waals surface area contributed by atoms with Crippen molar-refractivity contribution >= 4 is 16.5 Å². The van der Waals surface area contributed by atoms with Gasteiger partial charge in [-0.25, -0.2) is 4.98 Å². The Bertz CT molecular complexity index is 812. The summed E-state index contributed by atoms with van der Waals surface area (Å²) < 4.78 is 7.75. The van der Waals surface area contributed by atoms with Crippen LogP contribution in [0.4, 0.5) is 5.13 Å². The molecule has 5 heteroatoms. The lowest BCUT2D eigenvalue weighted by molar-refractivity contribution is 0.489. The van der Waals surface area contributed by atoms with Crippen LogP contribution >= 0.6 is 11.3 Å². The van der Waals surface area contributed by atoms with E-state index in [0.29, 0.717) is 0 Å². The Balaban J connectivity index is 1.94. The fraction of sp³-hybridized carbons (Fsp3) is 0.278. The van der Waals surface area contributed by atoms with Gasteiger partial charge in [0.2, 0.25) is 0 Å². The summed E-state index contributed by atoms with van der Waals surface area (Å²) in [5.74, 6) is 0.960. The predicted octanol–water partition coefficient (Wildman–Crippen LogP) is 4.78. The van der Waals surface area contributed by atoms with Crippen molar-refractivity contribution in [1.29, 1.82) is 0 Å². The minimum absolute atomic E-state index is 0.726. The van der Waals surface area contributed by atoms with Gasteiger partial charge < -0.3 is 14.3 Å². The number of hydrogen-bond acceptors (Lipinski definition) is 4. The minimum Gasteiger partial charge on any atom is -0.467 e. The predicted molar refractivity (Wildman–Crippen MR) is 96.2 cm³/mol. The number of thiazole rings is 1.